The van der Waals surface area contributed by atoms with Gasteiger partial charge in [-0.2, -0.15) is 0 Å². The van der Waals surface area contributed by atoms with Crippen LogP contribution < -0.4 is 20.5 Å². The number of piperidine rings is 1. The highest BCUT2D eigenvalue weighted by molar-refractivity contribution is 5.99. The minimum absolute atomic E-state index is 0.0560. The highest BCUT2D eigenvalue weighted by Gasteiger charge is 2.31. The molecule has 1 aliphatic rings. The zero-order chi connectivity index (χ0) is 32.7. The first-order valence-corrected chi connectivity index (χ1v) is 14.8. The molecule has 0 saturated carbocycles. The van der Waals surface area contributed by atoms with Crippen LogP contribution in [0.4, 0.5) is 15.3 Å². The number of nitrogen functional groups attached to an aromatic ring is 1. The van der Waals surface area contributed by atoms with Crippen molar-refractivity contribution in [2.75, 3.05) is 39.6 Å². The van der Waals surface area contributed by atoms with Gasteiger partial charge in [0.2, 0.25) is 0 Å². The van der Waals surface area contributed by atoms with E-state index in [1.54, 1.807) is 63.0 Å². The number of hydrogen-bond acceptors (Lipinski definition) is 9. The zero-order valence-electron chi connectivity index (χ0n) is 27.2. The standard InChI is InChI=1S/C32H47N5O7/c1-31(2,3)43-29(39)36-15-12-21(13-16-36)19-37(30(40)44-32(4,5)6)20-25-27(33)24(11-14-34-25)28(38)35-18-22-9-10-23(41-7)17-26(22)42-8/h9-11,14,17,21H,12-13,15-16,18-20,33H2,1-8H3,(H,35,38). The van der Waals surface area contributed by atoms with Gasteiger partial charge in [-0.25, -0.2) is 9.59 Å². The number of methoxy groups -OCH3 is 2. The monoisotopic (exact) mass is 613 g/mol. The highest BCUT2D eigenvalue weighted by Crippen LogP contribution is 2.26. The molecule has 0 spiro atoms. The Morgan fingerprint density at radius 1 is 1.00 bits per heavy atom. The van der Waals surface area contributed by atoms with E-state index in [1.807, 2.05) is 26.8 Å². The average molecular weight is 614 g/mol. The topological polar surface area (TPSA) is 146 Å². The first-order valence-electron chi connectivity index (χ1n) is 14.8. The molecule has 0 aliphatic carbocycles. The number of rotatable bonds is 9. The van der Waals surface area contributed by atoms with Crippen molar-refractivity contribution in [1.82, 2.24) is 20.1 Å². The maximum atomic E-state index is 13.3. The SMILES string of the molecule is COc1ccc(CNC(=O)c2ccnc(CN(CC3CCN(C(=O)OC(C)(C)C)CC3)C(=O)OC(C)(C)C)c2N)c(OC)c1. The summed E-state index contributed by atoms with van der Waals surface area (Å²) in [5.41, 5.74) is 6.76. The van der Waals surface area contributed by atoms with Crippen LogP contribution in [0.25, 0.3) is 0 Å². The number of nitrogens with two attached hydrogens (primary N) is 1. The van der Waals surface area contributed by atoms with E-state index in [4.69, 9.17) is 24.7 Å². The zero-order valence-corrected chi connectivity index (χ0v) is 27.2. The van der Waals surface area contributed by atoms with Crippen LogP contribution in [0.1, 0.15) is 76.0 Å². The van der Waals surface area contributed by atoms with Crippen molar-refractivity contribution >= 4 is 23.8 Å². The minimum atomic E-state index is -0.710. The summed E-state index contributed by atoms with van der Waals surface area (Å²) in [5, 5.41) is 2.88. The van der Waals surface area contributed by atoms with Gasteiger partial charge in [-0.3, -0.25) is 9.78 Å². The Morgan fingerprint density at radius 3 is 2.25 bits per heavy atom. The van der Waals surface area contributed by atoms with Crippen molar-refractivity contribution in [3.63, 3.8) is 0 Å². The molecule has 3 amide bonds. The molecule has 12 heteroatoms. The Labute approximate surface area is 260 Å². The van der Waals surface area contributed by atoms with Gasteiger partial charge in [-0.05, 0) is 78.5 Å². The second-order valence-electron chi connectivity index (χ2n) is 12.9. The van der Waals surface area contributed by atoms with E-state index >= 15 is 0 Å². The lowest BCUT2D eigenvalue weighted by Crippen LogP contribution is -2.45. The molecule has 242 valence electrons. The molecule has 12 nitrogen and oxygen atoms in total. The van der Waals surface area contributed by atoms with E-state index in [9.17, 15) is 14.4 Å². The van der Waals surface area contributed by atoms with Gasteiger partial charge in [0.15, 0.2) is 0 Å². The summed E-state index contributed by atoms with van der Waals surface area (Å²) in [4.78, 5) is 46.7. The summed E-state index contributed by atoms with van der Waals surface area (Å²) in [5.74, 6) is 0.955. The van der Waals surface area contributed by atoms with Crippen LogP contribution >= 0.6 is 0 Å². The van der Waals surface area contributed by atoms with Crippen molar-refractivity contribution in [3.05, 3.63) is 47.3 Å². The molecular formula is C32H47N5O7. The van der Waals surface area contributed by atoms with Gasteiger partial charge in [0, 0.05) is 44.0 Å². The predicted octanol–water partition coefficient (Wildman–Crippen LogP) is 5.00. The van der Waals surface area contributed by atoms with Crippen molar-refractivity contribution in [2.24, 2.45) is 5.92 Å². The van der Waals surface area contributed by atoms with E-state index in [0.717, 1.165) is 5.56 Å². The van der Waals surface area contributed by atoms with Gasteiger partial charge in [0.1, 0.15) is 22.7 Å². The molecule has 1 saturated heterocycles. The lowest BCUT2D eigenvalue weighted by molar-refractivity contribution is 0.00866. The summed E-state index contributed by atoms with van der Waals surface area (Å²) in [6.45, 7) is 12.6. The maximum absolute atomic E-state index is 13.3. The van der Waals surface area contributed by atoms with Crippen LogP contribution in [0.15, 0.2) is 30.5 Å². The smallest absolute Gasteiger partial charge is 0.410 e. The number of pyridine rings is 1. The molecule has 1 aliphatic heterocycles. The first-order chi connectivity index (χ1) is 20.6. The fraction of sp³-hybridized carbons (Fsp3) is 0.562. The molecule has 3 N–H and O–H groups in total. The lowest BCUT2D eigenvalue weighted by Gasteiger charge is -2.36. The second kappa shape index (κ2) is 14.5. The van der Waals surface area contributed by atoms with Crippen molar-refractivity contribution in [2.45, 2.75) is 78.7 Å². The molecule has 2 heterocycles. The quantitative estimate of drug-likeness (QED) is 0.399. The summed E-state index contributed by atoms with van der Waals surface area (Å²) in [6, 6.07) is 6.89. The fourth-order valence-corrected chi connectivity index (χ4v) is 4.76. The molecule has 1 fully saturated rings. The Morgan fingerprint density at radius 2 is 1.66 bits per heavy atom. The molecule has 2 aromatic rings. The van der Waals surface area contributed by atoms with Crippen LogP contribution in [-0.2, 0) is 22.6 Å². The third kappa shape index (κ3) is 9.92. The Hall–Kier alpha value is -4.22. The molecule has 0 bridgehead atoms. The number of amides is 3. The molecule has 0 unspecified atom stereocenters. The molecule has 1 aromatic carbocycles. The number of carbonyl (C=O) groups is 3. The fourth-order valence-electron chi connectivity index (χ4n) is 4.76. The minimum Gasteiger partial charge on any atom is -0.497 e. The van der Waals surface area contributed by atoms with E-state index < -0.39 is 17.3 Å². The Bertz CT molecular complexity index is 1310. The number of hydrogen-bond donors (Lipinski definition) is 2. The van der Waals surface area contributed by atoms with Crippen molar-refractivity contribution < 1.29 is 33.3 Å². The molecular weight excluding hydrogens is 566 g/mol. The number of anilines is 1. The van der Waals surface area contributed by atoms with E-state index in [-0.39, 0.29) is 42.3 Å². The first kappa shape index (κ1) is 34.3. The lowest BCUT2D eigenvalue weighted by atomic mass is 9.96. The van der Waals surface area contributed by atoms with Gasteiger partial charge < -0.3 is 39.8 Å². The van der Waals surface area contributed by atoms with Crippen LogP contribution in [0.2, 0.25) is 0 Å². The molecule has 1 aromatic heterocycles. The van der Waals surface area contributed by atoms with Crippen molar-refractivity contribution in [3.8, 4) is 11.5 Å². The summed E-state index contributed by atoms with van der Waals surface area (Å²) >= 11 is 0. The van der Waals surface area contributed by atoms with E-state index in [2.05, 4.69) is 10.3 Å². The number of aromatic nitrogens is 1. The van der Waals surface area contributed by atoms with Crippen molar-refractivity contribution in [1.29, 1.82) is 0 Å². The second-order valence-corrected chi connectivity index (χ2v) is 12.9. The molecule has 44 heavy (non-hydrogen) atoms. The number of likely N-dealkylation sites (tertiary alicyclic amines) is 1. The normalized spacial score (nSPS) is 14.0. The van der Waals surface area contributed by atoms with Crippen LogP contribution in [0.5, 0.6) is 11.5 Å². The third-order valence-electron chi connectivity index (χ3n) is 6.99. The largest absolute Gasteiger partial charge is 0.497 e. The van der Waals surface area contributed by atoms with Gasteiger partial charge in [0.05, 0.1) is 37.7 Å². The Kier molecular flexibility index (Phi) is 11.3. The molecule has 0 atom stereocenters. The summed E-state index contributed by atoms with van der Waals surface area (Å²) in [7, 11) is 3.12. The number of carbonyl (C=O) groups excluding carboxylic acids is 3. The van der Waals surface area contributed by atoms with Crippen LogP contribution in [-0.4, -0.2) is 77.9 Å². The number of nitrogens with zero attached hydrogens (tertiary/aromatic N) is 3. The molecule has 3 rings (SSSR count). The molecule has 0 radical (unpaired) electrons. The third-order valence-corrected chi connectivity index (χ3v) is 6.99. The number of ether oxygens (including phenoxy) is 4. The van der Waals surface area contributed by atoms with Gasteiger partial charge in [0.25, 0.3) is 5.91 Å². The summed E-state index contributed by atoms with van der Waals surface area (Å²) in [6.07, 6.45) is 2.05. The van der Waals surface area contributed by atoms with Gasteiger partial charge in [-0.1, -0.05) is 0 Å². The van der Waals surface area contributed by atoms with Crippen LogP contribution in [0, 0.1) is 5.92 Å². The van der Waals surface area contributed by atoms with Gasteiger partial charge in [-0.15, -0.1) is 0 Å². The van der Waals surface area contributed by atoms with Crippen LogP contribution in [0.3, 0.4) is 0 Å². The van der Waals surface area contributed by atoms with E-state index in [0.29, 0.717) is 49.7 Å². The predicted molar refractivity (Wildman–Crippen MR) is 167 cm³/mol. The number of benzene rings is 1. The Balaban J connectivity index is 1.72. The summed E-state index contributed by atoms with van der Waals surface area (Å²) < 4.78 is 21.9. The average Bonchev–Trinajstić information content (AvgIpc) is 2.95. The highest BCUT2D eigenvalue weighted by atomic mass is 16.6. The van der Waals surface area contributed by atoms with Gasteiger partial charge >= 0.3 is 12.2 Å². The maximum Gasteiger partial charge on any atom is 0.410 e. The van der Waals surface area contributed by atoms with E-state index in [1.165, 1.54) is 6.20 Å². The number of nitrogens with one attached hydrogen (secondary N) is 1.